The summed E-state index contributed by atoms with van der Waals surface area (Å²) in [7, 11) is 0. The summed E-state index contributed by atoms with van der Waals surface area (Å²) in [6, 6.07) is 30.4. The molecule has 0 amide bonds. The number of fused-ring (bicyclic) bond motifs is 5. The lowest BCUT2D eigenvalue weighted by Gasteiger charge is -2.07. The largest absolute Gasteiger partial charge is 0.309 e. The molecule has 0 aliphatic carbocycles. The molecule has 0 aliphatic rings. The summed E-state index contributed by atoms with van der Waals surface area (Å²) in [4.78, 5) is 0. The third kappa shape index (κ3) is 1.75. The van der Waals surface area contributed by atoms with Gasteiger partial charge >= 0.3 is 0 Å². The molecule has 0 radical (unpaired) electrons. The zero-order valence-corrected chi connectivity index (χ0v) is 13.5. The number of hydrogen-bond acceptors (Lipinski definition) is 0. The predicted molar refractivity (Wildman–Crippen MR) is 103 cm³/mol. The second kappa shape index (κ2) is 4.97. The average molecular weight is 307 g/mol. The van der Waals surface area contributed by atoms with Crippen LogP contribution in [0.1, 0.15) is 5.56 Å². The molecule has 5 rings (SSSR count). The van der Waals surface area contributed by atoms with E-state index < -0.39 is 0 Å². The summed E-state index contributed by atoms with van der Waals surface area (Å²) in [5, 5.41) is 5.32. The first-order chi connectivity index (χ1) is 11.8. The van der Waals surface area contributed by atoms with E-state index in [2.05, 4.69) is 96.4 Å². The standard InChI is InChI=1S/C23H17N/c1-16-8-7-13-20-22(16)23-19-12-6-5-9-17(19)14-15-21(23)24(20)18-10-3-2-4-11-18/h2-15H,1H3. The molecule has 24 heavy (non-hydrogen) atoms. The lowest BCUT2D eigenvalue weighted by atomic mass is 10.0. The van der Waals surface area contributed by atoms with Crippen molar-refractivity contribution in [3.05, 3.63) is 90.5 Å². The van der Waals surface area contributed by atoms with Crippen molar-refractivity contribution in [1.82, 2.24) is 4.57 Å². The van der Waals surface area contributed by atoms with Crippen LogP contribution in [0.25, 0.3) is 38.3 Å². The van der Waals surface area contributed by atoms with E-state index in [0.717, 1.165) is 0 Å². The average Bonchev–Trinajstić information content (AvgIpc) is 2.98. The van der Waals surface area contributed by atoms with E-state index in [0.29, 0.717) is 0 Å². The molecule has 0 aliphatic heterocycles. The highest BCUT2D eigenvalue weighted by atomic mass is 15.0. The van der Waals surface area contributed by atoms with Crippen LogP contribution < -0.4 is 0 Å². The molecule has 5 aromatic rings. The second-order valence-corrected chi connectivity index (χ2v) is 6.32. The molecule has 0 atom stereocenters. The lowest BCUT2D eigenvalue weighted by molar-refractivity contribution is 1.18. The van der Waals surface area contributed by atoms with Gasteiger partial charge in [-0.1, -0.05) is 60.7 Å². The van der Waals surface area contributed by atoms with E-state index in [9.17, 15) is 0 Å². The number of nitrogens with zero attached hydrogens (tertiary/aromatic N) is 1. The van der Waals surface area contributed by atoms with Gasteiger partial charge in [-0.25, -0.2) is 0 Å². The monoisotopic (exact) mass is 307 g/mol. The molecule has 0 fully saturated rings. The summed E-state index contributed by atoms with van der Waals surface area (Å²) in [5.74, 6) is 0. The van der Waals surface area contributed by atoms with E-state index in [4.69, 9.17) is 0 Å². The summed E-state index contributed by atoms with van der Waals surface area (Å²) < 4.78 is 2.38. The highest BCUT2D eigenvalue weighted by Crippen LogP contribution is 2.38. The Balaban J connectivity index is 2.10. The fourth-order valence-electron chi connectivity index (χ4n) is 3.86. The summed E-state index contributed by atoms with van der Waals surface area (Å²) in [6.45, 7) is 2.21. The van der Waals surface area contributed by atoms with Crippen LogP contribution in [0.3, 0.4) is 0 Å². The normalized spacial score (nSPS) is 11.5. The summed E-state index contributed by atoms with van der Waals surface area (Å²) >= 11 is 0. The zero-order chi connectivity index (χ0) is 16.1. The Morgan fingerprint density at radius 1 is 0.583 bits per heavy atom. The molecule has 114 valence electrons. The van der Waals surface area contributed by atoms with Crippen molar-refractivity contribution in [2.24, 2.45) is 0 Å². The van der Waals surface area contributed by atoms with Gasteiger partial charge in [0.25, 0.3) is 0 Å². The Kier molecular flexibility index (Phi) is 2.77. The van der Waals surface area contributed by atoms with Crippen molar-refractivity contribution in [3.63, 3.8) is 0 Å². The number of para-hydroxylation sites is 1. The highest BCUT2D eigenvalue weighted by molar-refractivity contribution is 6.22. The quantitative estimate of drug-likeness (QED) is 0.345. The van der Waals surface area contributed by atoms with Crippen molar-refractivity contribution in [3.8, 4) is 5.69 Å². The van der Waals surface area contributed by atoms with E-state index in [-0.39, 0.29) is 0 Å². The minimum absolute atomic E-state index is 1.21. The maximum atomic E-state index is 2.38. The molecule has 0 spiro atoms. The maximum Gasteiger partial charge on any atom is 0.0547 e. The van der Waals surface area contributed by atoms with Crippen LogP contribution in [-0.4, -0.2) is 4.57 Å². The first-order valence-electron chi connectivity index (χ1n) is 8.31. The first kappa shape index (κ1) is 13.4. The van der Waals surface area contributed by atoms with Crippen LogP contribution in [-0.2, 0) is 0 Å². The van der Waals surface area contributed by atoms with Gasteiger partial charge in [0.05, 0.1) is 11.0 Å². The second-order valence-electron chi connectivity index (χ2n) is 6.32. The molecule has 1 nitrogen and oxygen atoms in total. The van der Waals surface area contributed by atoms with Gasteiger partial charge in [0.2, 0.25) is 0 Å². The predicted octanol–water partition coefficient (Wildman–Crippen LogP) is 6.25. The smallest absolute Gasteiger partial charge is 0.0547 e. The van der Waals surface area contributed by atoms with Crippen molar-refractivity contribution >= 4 is 32.6 Å². The minimum Gasteiger partial charge on any atom is -0.309 e. The molecule has 0 saturated carbocycles. The van der Waals surface area contributed by atoms with Crippen LogP contribution in [0.15, 0.2) is 84.9 Å². The molecule has 0 N–H and O–H groups in total. The fourth-order valence-corrected chi connectivity index (χ4v) is 3.86. The van der Waals surface area contributed by atoms with Crippen LogP contribution in [0, 0.1) is 6.92 Å². The van der Waals surface area contributed by atoms with Crippen molar-refractivity contribution < 1.29 is 0 Å². The first-order valence-corrected chi connectivity index (χ1v) is 8.31. The number of aromatic nitrogens is 1. The van der Waals surface area contributed by atoms with Crippen LogP contribution in [0.2, 0.25) is 0 Å². The van der Waals surface area contributed by atoms with Gasteiger partial charge < -0.3 is 4.57 Å². The number of hydrogen-bond donors (Lipinski definition) is 0. The lowest BCUT2D eigenvalue weighted by Crippen LogP contribution is -1.92. The Hall–Kier alpha value is -3.06. The molecular formula is C23H17N. The van der Waals surface area contributed by atoms with Gasteiger partial charge in [0.1, 0.15) is 0 Å². The number of aryl methyl sites for hydroxylation is 1. The SMILES string of the molecule is Cc1cccc2c1c1c3ccccc3ccc1n2-c1ccccc1. The topological polar surface area (TPSA) is 4.93 Å². The van der Waals surface area contributed by atoms with E-state index in [1.807, 2.05) is 0 Å². The van der Waals surface area contributed by atoms with Gasteiger partial charge in [-0.3, -0.25) is 0 Å². The Labute approximate surface area is 140 Å². The highest BCUT2D eigenvalue weighted by Gasteiger charge is 2.15. The Bertz CT molecular complexity index is 1200. The Morgan fingerprint density at radius 3 is 2.21 bits per heavy atom. The van der Waals surface area contributed by atoms with Crippen molar-refractivity contribution in [2.45, 2.75) is 6.92 Å². The van der Waals surface area contributed by atoms with Gasteiger partial charge in [0, 0.05) is 16.5 Å². The van der Waals surface area contributed by atoms with Crippen molar-refractivity contribution in [2.75, 3.05) is 0 Å². The zero-order valence-electron chi connectivity index (χ0n) is 13.5. The van der Waals surface area contributed by atoms with Crippen LogP contribution in [0.5, 0.6) is 0 Å². The molecule has 1 heteroatoms. The maximum absolute atomic E-state index is 2.38. The molecule has 0 bridgehead atoms. The van der Waals surface area contributed by atoms with E-state index in [1.54, 1.807) is 0 Å². The third-order valence-corrected chi connectivity index (χ3v) is 4.90. The van der Waals surface area contributed by atoms with Gasteiger partial charge in [-0.05, 0) is 47.5 Å². The summed E-state index contributed by atoms with van der Waals surface area (Å²) in [6.07, 6.45) is 0. The number of rotatable bonds is 1. The van der Waals surface area contributed by atoms with Crippen molar-refractivity contribution in [1.29, 1.82) is 0 Å². The van der Waals surface area contributed by atoms with Gasteiger partial charge in [-0.15, -0.1) is 0 Å². The van der Waals surface area contributed by atoms with Gasteiger partial charge in [-0.2, -0.15) is 0 Å². The van der Waals surface area contributed by atoms with E-state index in [1.165, 1.54) is 43.8 Å². The molecule has 1 heterocycles. The van der Waals surface area contributed by atoms with Crippen LogP contribution in [0.4, 0.5) is 0 Å². The van der Waals surface area contributed by atoms with Crippen LogP contribution >= 0.6 is 0 Å². The molecule has 0 saturated heterocycles. The fraction of sp³-hybridized carbons (Fsp3) is 0.0435. The molecule has 4 aromatic carbocycles. The van der Waals surface area contributed by atoms with E-state index >= 15 is 0 Å². The molecule has 1 aromatic heterocycles. The van der Waals surface area contributed by atoms with Gasteiger partial charge in [0.15, 0.2) is 0 Å². The third-order valence-electron chi connectivity index (χ3n) is 4.90. The molecule has 0 unspecified atom stereocenters. The minimum atomic E-state index is 1.21. The number of benzene rings is 4. The molecular weight excluding hydrogens is 290 g/mol. The Morgan fingerprint density at radius 2 is 1.33 bits per heavy atom. The summed E-state index contributed by atoms with van der Waals surface area (Å²) in [5.41, 5.74) is 5.07.